The maximum Gasteiger partial charge on any atom is 0.323 e. The minimum Gasteiger partial charge on any atom is -0.458 e. The third-order valence-corrected chi connectivity index (χ3v) is 3.34. The maximum absolute atomic E-state index is 5.61. The van der Waals surface area contributed by atoms with Crippen molar-refractivity contribution in [3.8, 4) is 12.0 Å². The molecular weight excluding hydrogens is 276 g/mol. The molecule has 20 heavy (non-hydrogen) atoms. The van der Waals surface area contributed by atoms with Gasteiger partial charge >= 0.3 is 6.01 Å². The fraction of sp³-hybridized carbons (Fsp3) is 0.167. The number of thiophene rings is 1. The van der Waals surface area contributed by atoms with Crippen LogP contribution in [0, 0.1) is 0 Å². The summed E-state index contributed by atoms with van der Waals surface area (Å²) in [7, 11) is 1.75. The first kappa shape index (κ1) is 12.5. The highest BCUT2D eigenvalue weighted by Gasteiger charge is 2.08. The van der Waals surface area contributed by atoms with E-state index < -0.39 is 0 Å². The van der Waals surface area contributed by atoms with Crippen molar-refractivity contribution >= 4 is 17.3 Å². The van der Waals surface area contributed by atoms with Gasteiger partial charge in [-0.15, -0.1) is 11.3 Å². The van der Waals surface area contributed by atoms with Crippen LogP contribution >= 0.6 is 11.3 Å². The molecule has 1 N–H and O–H groups in total. The average molecular weight is 288 g/mol. The van der Waals surface area contributed by atoms with Crippen LogP contribution < -0.4 is 10.1 Å². The molecular formula is C12H12N6OS. The highest BCUT2D eigenvalue weighted by Crippen LogP contribution is 2.14. The average Bonchev–Trinajstić information content (AvgIpc) is 3.17. The molecule has 0 saturated carbocycles. The van der Waals surface area contributed by atoms with E-state index in [1.165, 1.54) is 0 Å². The predicted octanol–water partition coefficient (Wildman–Crippen LogP) is 1.74. The summed E-state index contributed by atoms with van der Waals surface area (Å²) in [5, 5.41) is 4.89. The smallest absolute Gasteiger partial charge is 0.323 e. The van der Waals surface area contributed by atoms with E-state index in [0.29, 0.717) is 18.5 Å². The molecule has 0 atom stereocenters. The van der Waals surface area contributed by atoms with E-state index in [4.69, 9.17) is 4.74 Å². The molecule has 3 aromatic rings. The summed E-state index contributed by atoms with van der Waals surface area (Å²) in [5.74, 6) is 0.910. The van der Waals surface area contributed by atoms with E-state index >= 15 is 0 Å². The molecule has 102 valence electrons. The maximum atomic E-state index is 5.61. The van der Waals surface area contributed by atoms with E-state index in [0.717, 1.165) is 4.88 Å². The molecule has 0 fully saturated rings. The normalized spacial score (nSPS) is 10.4. The van der Waals surface area contributed by atoms with Crippen molar-refractivity contribution in [3.63, 3.8) is 0 Å². The van der Waals surface area contributed by atoms with Gasteiger partial charge in [-0.2, -0.15) is 15.0 Å². The van der Waals surface area contributed by atoms with Gasteiger partial charge in [0.1, 0.15) is 12.9 Å². The van der Waals surface area contributed by atoms with E-state index in [1.54, 1.807) is 41.7 Å². The number of anilines is 1. The van der Waals surface area contributed by atoms with Crippen LogP contribution in [0.2, 0.25) is 0 Å². The van der Waals surface area contributed by atoms with Crippen molar-refractivity contribution < 1.29 is 4.74 Å². The Morgan fingerprint density at radius 3 is 3.00 bits per heavy atom. The Balaban J connectivity index is 1.84. The second-order valence-electron chi connectivity index (χ2n) is 3.83. The molecule has 0 aliphatic rings. The molecule has 0 saturated heterocycles. The lowest BCUT2D eigenvalue weighted by atomic mass is 10.5. The van der Waals surface area contributed by atoms with Gasteiger partial charge < -0.3 is 10.1 Å². The number of aromatic nitrogens is 5. The van der Waals surface area contributed by atoms with Crippen LogP contribution in [-0.2, 0) is 6.61 Å². The van der Waals surface area contributed by atoms with Gasteiger partial charge in [0.05, 0.1) is 0 Å². The Kier molecular flexibility index (Phi) is 3.55. The van der Waals surface area contributed by atoms with Gasteiger partial charge in [0.15, 0.2) is 0 Å². The number of imidazole rings is 1. The molecule has 8 heteroatoms. The lowest BCUT2D eigenvalue weighted by Crippen LogP contribution is -2.08. The van der Waals surface area contributed by atoms with Gasteiger partial charge in [0.2, 0.25) is 11.9 Å². The molecule has 0 aromatic carbocycles. The van der Waals surface area contributed by atoms with Crippen LogP contribution in [0.4, 0.5) is 5.95 Å². The number of nitrogens with zero attached hydrogens (tertiary/aromatic N) is 5. The molecule has 3 heterocycles. The lowest BCUT2D eigenvalue weighted by molar-refractivity contribution is 0.283. The lowest BCUT2D eigenvalue weighted by Gasteiger charge is -2.07. The molecule has 0 bridgehead atoms. The molecule has 0 radical (unpaired) electrons. The van der Waals surface area contributed by atoms with Crippen LogP contribution in [0.15, 0.2) is 36.2 Å². The van der Waals surface area contributed by atoms with Crippen molar-refractivity contribution in [1.29, 1.82) is 0 Å². The first-order valence-electron chi connectivity index (χ1n) is 5.92. The van der Waals surface area contributed by atoms with Gasteiger partial charge in [-0.25, -0.2) is 4.98 Å². The number of hydrogen-bond donors (Lipinski definition) is 1. The van der Waals surface area contributed by atoms with Crippen LogP contribution in [0.3, 0.4) is 0 Å². The van der Waals surface area contributed by atoms with Crippen LogP contribution in [-0.4, -0.2) is 31.6 Å². The van der Waals surface area contributed by atoms with Crippen molar-refractivity contribution in [1.82, 2.24) is 24.5 Å². The van der Waals surface area contributed by atoms with Crippen molar-refractivity contribution in [2.24, 2.45) is 0 Å². The van der Waals surface area contributed by atoms with Gasteiger partial charge in [0, 0.05) is 24.3 Å². The van der Waals surface area contributed by atoms with Crippen molar-refractivity contribution in [2.45, 2.75) is 6.61 Å². The highest BCUT2D eigenvalue weighted by atomic mass is 32.1. The summed E-state index contributed by atoms with van der Waals surface area (Å²) in [6, 6.07) is 4.26. The van der Waals surface area contributed by atoms with Crippen molar-refractivity contribution in [3.05, 3.63) is 41.1 Å². The third kappa shape index (κ3) is 2.75. The summed E-state index contributed by atoms with van der Waals surface area (Å²) >= 11 is 1.63. The van der Waals surface area contributed by atoms with E-state index in [-0.39, 0.29) is 6.01 Å². The number of nitrogens with one attached hydrogen (secondary N) is 1. The second-order valence-corrected chi connectivity index (χ2v) is 4.86. The Morgan fingerprint density at radius 1 is 1.35 bits per heavy atom. The van der Waals surface area contributed by atoms with E-state index in [1.807, 2.05) is 17.5 Å². The van der Waals surface area contributed by atoms with Crippen LogP contribution in [0.1, 0.15) is 4.88 Å². The minimum absolute atomic E-state index is 0.279. The molecule has 0 aliphatic heterocycles. The fourth-order valence-corrected chi connectivity index (χ4v) is 2.16. The summed E-state index contributed by atoms with van der Waals surface area (Å²) in [5.41, 5.74) is 0. The summed E-state index contributed by atoms with van der Waals surface area (Å²) < 4.78 is 7.30. The number of ether oxygens (including phenoxy) is 1. The van der Waals surface area contributed by atoms with Gasteiger partial charge in [-0.1, -0.05) is 6.07 Å². The monoisotopic (exact) mass is 288 g/mol. The molecule has 0 unspecified atom stereocenters. The topological polar surface area (TPSA) is 77.8 Å². The van der Waals surface area contributed by atoms with E-state index in [2.05, 4.69) is 25.3 Å². The summed E-state index contributed by atoms with van der Waals surface area (Å²) in [4.78, 5) is 17.8. The van der Waals surface area contributed by atoms with Crippen LogP contribution in [0.5, 0.6) is 6.01 Å². The highest BCUT2D eigenvalue weighted by molar-refractivity contribution is 7.09. The zero-order chi connectivity index (χ0) is 13.8. The largest absolute Gasteiger partial charge is 0.458 e. The summed E-state index contributed by atoms with van der Waals surface area (Å²) in [6.07, 6.45) is 5.05. The Labute approximate surface area is 119 Å². The first-order chi connectivity index (χ1) is 9.85. The fourth-order valence-electron chi connectivity index (χ4n) is 1.55. The second kappa shape index (κ2) is 5.66. The quantitative estimate of drug-likeness (QED) is 0.770. The predicted molar refractivity (Wildman–Crippen MR) is 75.1 cm³/mol. The zero-order valence-electron chi connectivity index (χ0n) is 10.7. The van der Waals surface area contributed by atoms with Crippen molar-refractivity contribution in [2.75, 3.05) is 12.4 Å². The molecule has 0 spiro atoms. The Hall–Kier alpha value is -2.48. The Morgan fingerprint density at radius 2 is 2.30 bits per heavy atom. The van der Waals surface area contributed by atoms with Gasteiger partial charge in [-0.3, -0.25) is 4.57 Å². The molecule has 7 nitrogen and oxygen atoms in total. The zero-order valence-corrected chi connectivity index (χ0v) is 11.5. The minimum atomic E-state index is 0.279. The van der Waals surface area contributed by atoms with Crippen LogP contribution in [0.25, 0.3) is 5.95 Å². The molecule has 3 aromatic heterocycles. The number of hydrogen-bond acceptors (Lipinski definition) is 7. The van der Waals surface area contributed by atoms with E-state index in [9.17, 15) is 0 Å². The number of rotatable bonds is 5. The molecule has 0 aliphatic carbocycles. The standard InChI is InChI=1S/C12H12N6OS/c1-13-10-15-11(18-5-4-14-8-18)17-12(16-10)19-7-9-3-2-6-20-9/h2-6,8H,7H2,1H3,(H,13,15,16,17). The third-order valence-electron chi connectivity index (χ3n) is 2.49. The van der Waals surface area contributed by atoms with Gasteiger partial charge in [0.25, 0.3) is 0 Å². The summed E-state index contributed by atoms with van der Waals surface area (Å²) in [6.45, 7) is 0.439. The van der Waals surface area contributed by atoms with Gasteiger partial charge in [-0.05, 0) is 11.4 Å². The Bertz CT molecular complexity index is 667. The molecule has 3 rings (SSSR count). The first-order valence-corrected chi connectivity index (χ1v) is 6.80. The molecule has 0 amide bonds. The SMILES string of the molecule is CNc1nc(OCc2cccs2)nc(-n2ccnc2)n1.